The number of urea groups is 1. The molecule has 4 N–H and O–H groups in total. The average Bonchev–Trinajstić information content (AvgIpc) is 2.76. The summed E-state index contributed by atoms with van der Waals surface area (Å²) in [5.41, 5.74) is 1.09. The molecule has 1 unspecified atom stereocenters. The van der Waals surface area contributed by atoms with Crippen LogP contribution in [-0.4, -0.2) is 33.3 Å². The number of carbonyl (C=O) groups is 2. The third-order valence-corrected chi connectivity index (χ3v) is 5.27. The van der Waals surface area contributed by atoms with Gasteiger partial charge in [-0.15, -0.1) is 0 Å². The quantitative estimate of drug-likeness (QED) is 0.455. The lowest BCUT2D eigenvalue weighted by Crippen LogP contribution is -2.37. The summed E-state index contributed by atoms with van der Waals surface area (Å²) in [6.45, 7) is 2.98. The van der Waals surface area contributed by atoms with Gasteiger partial charge in [0.05, 0.1) is 0 Å². The van der Waals surface area contributed by atoms with Crippen molar-refractivity contribution in [3.05, 3.63) is 81.5 Å². The first kappa shape index (κ1) is 23.5. The molecule has 1 heterocycles. The van der Waals surface area contributed by atoms with Crippen molar-refractivity contribution in [1.82, 2.24) is 9.88 Å². The normalized spacial score (nSPS) is 11.6. The largest absolute Gasteiger partial charge is 0.505 e. The van der Waals surface area contributed by atoms with Gasteiger partial charge in [-0.3, -0.25) is 9.59 Å². The highest BCUT2D eigenvalue weighted by atomic mass is 19.1. The second kappa shape index (κ2) is 9.56. The Labute approximate surface area is 189 Å². The Bertz CT molecular complexity index is 1290. The van der Waals surface area contributed by atoms with Crippen LogP contribution in [0.1, 0.15) is 22.6 Å². The van der Waals surface area contributed by atoms with Crippen LogP contribution in [0.2, 0.25) is 0 Å². The van der Waals surface area contributed by atoms with Crippen molar-refractivity contribution >= 4 is 17.7 Å². The molecule has 172 valence electrons. The molecule has 0 saturated heterocycles. The lowest BCUT2D eigenvalue weighted by Gasteiger charge is -2.17. The van der Waals surface area contributed by atoms with Crippen molar-refractivity contribution in [3.63, 3.8) is 0 Å². The van der Waals surface area contributed by atoms with E-state index >= 15 is 4.39 Å². The molecule has 8 nitrogen and oxygen atoms in total. The molecule has 3 rings (SSSR count). The van der Waals surface area contributed by atoms with Gasteiger partial charge in [0.25, 0.3) is 5.56 Å². The fourth-order valence-electron chi connectivity index (χ4n) is 3.54. The monoisotopic (exact) mass is 453 g/mol. The smallest absolute Gasteiger partial charge is 0.319 e. The van der Waals surface area contributed by atoms with Crippen molar-refractivity contribution in [3.8, 4) is 16.9 Å². The Morgan fingerprint density at radius 3 is 2.52 bits per heavy atom. The van der Waals surface area contributed by atoms with Crippen LogP contribution >= 0.6 is 0 Å². The van der Waals surface area contributed by atoms with Gasteiger partial charge in [-0.05, 0) is 19.4 Å². The zero-order chi connectivity index (χ0) is 24.3. The van der Waals surface area contributed by atoms with Gasteiger partial charge in [0, 0.05) is 36.5 Å². The van der Waals surface area contributed by atoms with E-state index in [0.717, 1.165) is 5.56 Å². The molecule has 0 aliphatic carbocycles. The van der Waals surface area contributed by atoms with E-state index in [4.69, 9.17) is 0 Å². The predicted octanol–water partition coefficient (Wildman–Crippen LogP) is 3.50. The first-order chi connectivity index (χ1) is 15.6. The van der Waals surface area contributed by atoms with Crippen molar-refractivity contribution in [1.29, 1.82) is 0 Å². The highest BCUT2D eigenvalue weighted by molar-refractivity contribution is 5.91. The van der Waals surface area contributed by atoms with Crippen LogP contribution in [0.3, 0.4) is 0 Å². The van der Waals surface area contributed by atoms with Gasteiger partial charge in [0.2, 0.25) is 0 Å². The lowest BCUT2D eigenvalue weighted by molar-refractivity contribution is -0.138. The number of rotatable bonds is 6. The molecule has 1 atom stereocenters. The maximum atomic E-state index is 15.3. The number of aliphatic carboxylic acids is 1. The molecule has 0 radical (unpaired) electrons. The van der Waals surface area contributed by atoms with Crippen LogP contribution in [-0.2, 0) is 11.8 Å². The van der Waals surface area contributed by atoms with Crippen LogP contribution in [0.25, 0.3) is 11.1 Å². The number of carboxylic acid groups (broad SMARTS) is 1. The number of nitrogens with zero attached hydrogens (tertiary/aromatic N) is 1. The summed E-state index contributed by atoms with van der Waals surface area (Å²) in [7, 11) is 1.46. The summed E-state index contributed by atoms with van der Waals surface area (Å²) >= 11 is 0. The van der Waals surface area contributed by atoms with Gasteiger partial charge in [-0.1, -0.05) is 48.0 Å². The van der Waals surface area contributed by atoms with Crippen molar-refractivity contribution < 1.29 is 24.2 Å². The number of aromatic hydroxyl groups is 1. The van der Waals surface area contributed by atoms with Crippen molar-refractivity contribution in [2.45, 2.75) is 19.8 Å². The van der Waals surface area contributed by atoms with Gasteiger partial charge in [-0.25, -0.2) is 9.18 Å². The second-order valence-corrected chi connectivity index (χ2v) is 7.76. The van der Waals surface area contributed by atoms with E-state index in [1.54, 1.807) is 37.3 Å². The number of halogens is 1. The number of pyridine rings is 1. The summed E-state index contributed by atoms with van der Waals surface area (Å²) < 4.78 is 16.5. The number of benzene rings is 2. The van der Waals surface area contributed by atoms with E-state index in [1.807, 2.05) is 13.0 Å². The number of nitrogens with one attached hydrogen (secondary N) is 2. The molecule has 2 aromatic carbocycles. The highest BCUT2D eigenvalue weighted by Gasteiger charge is 2.26. The molecule has 0 aliphatic rings. The molecule has 0 bridgehead atoms. The zero-order valence-corrected chi connectivity index (χ0v) is 18.3. The molecule has 0 saturated carbocycles. The Morgan fingerprint density at radius 1 is 1.15 bits per heavy atom. The maximum Gasteiger partial charge on any atom is 0.319 e. The first-order valence-electron chi connectivity index (χ1n) is 10.1. The average molecular weight is 453 g/mol. The Morgan fingerprint density at radius 2 is 1.85 bits per heavy atom. The number of aromatic nitrogens is 1. The van der Waals surface area contributed by atoms with Crippen molar-refractivity contribution in [2.24, 2.45) is 7.05 Å². The van der Waals surface area contributed by atoms with E-state index in [2.05, 4.69) is 10.6 Å². The molecule has 3 aromatic rings. The minimum atomic E-state index is -1.38. The van der Waals surface area contributed by atoms with Gasteiger partial charge < -0.3 is 25.4 Å². The highest BCUT2D eigenvalue weighted by Crippen LogP contribution is 2.29. The summed E-state index contributed by atoms with van der Waals surface area (Å²) in [5.74, 6) is -3.79. The summed E-state index contributed by atoms with van der Waals surface area (Å²) in [6, 6.07) is 10.7. The summed E-state index contributed by atoms with van der Waals surface area (Å²) in [5, 5.41) is 24.4. The number of hydrogen-bond donors (Lipinski definition) is 4. The van der Waals surface area contributed by atoms with Crippen LogP contribution in [0.15, 0.2) is 53.5 Å². The molecular formula is C24H24FN3O5. The lowest BCUT2D eigenvalue weighted by atomic mass is 9.93. The van der Waals surface area contributed by atoms with Gasteiger partial charge in [0.1, 0.15) is 17.5 Å². The van der Waals surface area contributed by atoms with Crippen LogP contribution in [0.4, 0.5) is 14.9 Å². The fourth-order valence-corrected chi connectivity index (χ4v) is 3.54. The maximum absolute atomic E-state index is 15.3. The molecule has 0 fully saturated rings. The van der Waals surface area contributed by atoms with E-state index in [-0.39, 0.29) is 22.6 Å². The zero-order valence-electron chi connectivity index (χ0n) is 18.3. The Kier molecular flexibility index (Phi) is 6.81. The van der Waals surface area contributed by atoms with Gasteiger partial charge >= 0.3 is 12.0 Å². The molecule has 2 amide bonds. The van der Waals surface area contributed by atoms with Gasteiger partial charge in [-0.2, -0.15) is 0 Å². The summed E-state index contributed by atoms with van der Waals surface area (Å²) in [6.07, 6.45) is 1.41. The van der Waals surface area contributed by atoms with Crippen LogP contribution in [0.5, 0.6) is 5.75 Å². The molecule has 1 aromatic heterocycles. The fraction of sp³-hybridized carbons (Fsp3) is 0.208. The topological polar surface area (TPSA) is 121 Å². The standard InChI is InChI=1S/C24H24FN3O5/c1-13-6-4-7-15(10-13)16-8-5-9-17(19(16)25)18(23(31)32)11-26-24(33)27-20-21(29)14(2)12-28(3)22(20)30/h4-10,12,18,29H,11H2,1-3H3,(H,31,32)(H2,26,27,33). The van der Waals surface area contributed by atoms with Crippen LogP contribution in [0, 0.1) is 19.7 Å². The third-order valence-electron chi connectivity index (χ3n) is 5.27. The number of carboxylic acids is 1. The summed E-state index contributed by atoms with van der Waals surface area (Å²) in [4.78, 5) is 36.4. The van der Waals surface area contributed by atoms with E-state index in [9.17, 15) is 24.6 Å². The first-order valence-corrected chi connectivity index (χ1v) is 10.1. The molecular weight excluding hydrogens is 429 g/mol. The van der Waals surface area contributed by atoms with E-state index in [0.29, 0.717) is 11.1 Å². The predicted molar refractivity (Wildman–Crippen MR) is 122 cm³/mol. The molecule has 9 heteroatoms. The molecule has 0 spiro atoms. The van der Waals surface area contributed by atoms with Crippen molar-refractivity contribution in [2.75, 3.05) is 11.9 Å². The second-order valence-electron chi connectivity index (χ2n) is 7.76. The Balaban J connectivity index is 1.83. The van der Waals surface area contributed by atoms with E-state index in [1.165, 1.54) is 23.9 Å². The molecule has 33 heavy (non-hydrogen) atoms. The minimum Gasteiger partial charge on any atom is -0.505 e. The third kappa shape index (κ3) is 5.03. The number of aryl methyl sites for hydroxylation is 3. The SMILES string of the molecule is Cc1cccc(-c2cccc(C(CNC(=O)Nc3c(O)c(C)cn(C)c3=O)C(=O)O)c2F)c1. The number of amides is 2. The van der Waals surface area contributed by atoms with Crippen LogP contribution < -0.4 is 16.2 Å². The number of anilines is 1. The van der Waals surface area contributed by atoms with Gasteiger partial charge in [0.15, 0.2) is 5.69 Å². The number of hydrogen-bond acceptors (Lipinski definition) is 4. The number of carbonyl (C=O) groups excluding carboxylic acids is 1. The minimum absolute atomic E-state index is 0.0869. The Hall–Kier alpha value is -4.14. The van der Waals surface area contributed by atoms with E-state index < -0.39 is 35.8 Å². The molecule has 0 aliphatic heterocycles.